The van der Waals surface area contributed by atoms with E-state index in [4.69, 9.17) is 4.74 Å². The molecule has 0 aromatic carbocycles. The highest BCUT2D eigenvalue weighted by molar-refractivity contribution is 5.89. The molecule has 0 fully saturated rings. The van der Waals surface area contributed by atoms with E-state index in [0.717, 1.165) is 30.4 Å². The van der Waals surface area contributed by atoms with Crippen LogP contribution in [-0.2, 0) is 9.53 Å². The summed E-state index contributed by atoms with van der Waals surface area (Å²) < 4.78 is 5.56. The molecule has 0 aromatic rings. The van der Waals surface area contributed by atoms with Crippen molar-refractivity contribution < 1.29 is 9.53 Å². The molecule has 0 aliphatic rings. The Balaban J connectivity index is 3.61. The van der Waals surface area contributed by atoms with Gasteiger partial charge in [-0.15, -0.1) is 0 Å². The monoisotopic (exact) mass is 533 g/mol. The zero-order valence-corrected chi connectivity index (χ0v) is 26.4. The van der Waals surface area contributed by atoms with Gasteiger partial charge in [0.2, 0.25) is 0 Å². The van der Waals surface area contributed by atoms with E-state index in [1.165, 1.54) is 154 Å². The van der Waals surface area contributed by atoms with E-state index in [-0.39, 0.29) is 5.97 Å². The third-order valence-corrected chi connectivity index (χ3v) is 8.06. The first-order chi connectivity index (χ1) is 18.7. The first-order valence-electron chi connectivity index (χ1n) is 17.2. The summed E-state index contributed by atoms with van der Waals surface area (Å²) in [7, 11) is 0. The molecule has 0 saturated heterocycles. The van der Waals surface area contributed by atoms with Gasteiger partial charge in [-0.1, -0.05) is 181 Å². The summed E-state index contributed by atoms with van der Waals surface area (Å²) in [6.45, 7) is 11.0. The van der Waals surface area contributed by atoms with E-state index in [0.29, 0.717) is 6.61 Å². The van der Waals surface area contributed by atoms with Gasteiger partial charge in [0, 0.05) is 5.57 Å². The smallest absolute Gasteiger partial charge is 0.333 e. The number of esters is 1. The molecule has 0 spiro atoms. The zero-order chi connectivity index (χ0) is 27.9. The zero-order valence-electron chi connectivity index (χ0n) is 26.4. The first kappa shape index (κ1) is 37.0. The van der Waals surface area contributed by atoms with E-state index in [1.54, 1.807) is 0 Å². The second kappa shape index (κ2) is 30.5. The van der Waals surface area contributed by atoms with Crippen molar-refractivity contribution in [2.24, 2.45) is 0 Å². The molecule has 0 unspecified atom stereocenters. The lowest BCUT2D eigenvalue weighted by Crippen LogP contribution is -2.09. The molecule has 0 aliphatic heterocycles. The third kappa shape index (κ3) is 25.2. The van der Waals surface area contributed by atoms with Crippen LogP contribution in [0.2, 0.25) is 0 Å². The minimum Gasteiger partial charge on any atom is -0.462 e. The molecule has 2 nitrogen and oxygen atoms in total. The van der Waals surface area contributed by atoms with Crippen LogP contribution in [0, 0.1) is 0 Å². The SMILES string of the molecule is C=C/C(CCCCCCCCCCCC)=C(\C)C(=O)OCCCCCCCCCCCCCCCCCC. The molecule has 0 N–H and O–H groups in total. The predicted octanol–water partition coefficient (Wildman–Crippen LogP) is 12.6. The molecule has 0 amide bonds. The Bertz CT molecular complexity index is 548. The number of rotatable bonds is 30. The molecule has 0 atom stereocenters. The summed E-state index contributed by atoms with van der Waals surface area (Å²) in [5.41, 5.74) is 1.83. The summed E-state index contributed by atoms with van der Waals surface area (Å²) in [6, 6.07) is 0. The van der Waals surface area contributed by atoms with Crippen LogP contribution < -0.4 is 0 Å². The molecule has 0 rings (SSSR count). The van der Waals surface area contributed by atoms with E-state index in [2.05, 4.69) is 20.4 Å². The number of hydrogen-bond donors (Lipinski definition) is 0. The number of hydrogen-bond acceptors (Lipinski definition) is 2. The summed E-state index contributed by atoms with van der Waals surface area (Å²) in [5.74, 6) is -0.145. The summed E-state index contributed by atoms with van der Waals surface area (Å²) in [4.78, 5) is 12.5. The average molecular weight is 533 g/mol. The van der Waals surface area contributed by atoms with Crippen molar-refractivity contribution in [3.63, 3.8) is 0 Å². The van der Waals surface area contributed by atoms with Crippen LogP contribution in [-0.4, -0.2) is 12.6 Å². The number of carbonyl (C=O) groups excluding carboxylic acids is 1. The molecule has 0 aromatic heterocycles. The Kier molecular flexibility index (Phi) is 29.6. The summed E-state index contributed by atoms with van der Waals surface area (Å²) >= 11 is 0. The summed E-state index contributed by atoms with van der Waals surface area (Å²) in [6.07, 6.45) is 37.8. The van der Waals surface area contributed by atoms with E-state index < -0.39 is 0 Å². The van der Waals surface area contributed by atoms with Gasteiger partial charge in [-0.25, -0.2) is 4.79 Å². The number of unbranched alkanes of at least 4 members (excludes halogenated alkanes) is 24. The Morgan fingerprint density at radius 3 is 1.18 bits per heavy atom. The van der Waals surface area contributed by atoms with Gasteiger partial charge >= 0.3 is 5.97 Å². The molecular formula is C36H68O2. The Morgan fingerprint density at radius 2 is 0.842 bits per heavy atom. The van der Waals surface area contributed by atoms with Crippen LogP contribution in [0.4, 0.5) is 0 Å². The molecule has 0 radical (unpaired) electrons. The fraction of sp³-hybridized carbons (Fsp3) is 0.861. The van der Waals surface area contributed by atoms with E-state index >= 15 is 0 Å². The van der Waals surface area contributed by atoms with Crippen LogP contribution in [0.5, 0.6) is 0 Å². The standard InChI is InChI=1S/C36H68O2/c1-5-8-10-12-14-16-18-19-20-21-22-23-25-27-29-31-33-38-36(37)34(4)35(7-3)32-30-28-26-24-17-15-13-11-9-6-2/h7H,3,5-6,8-33H2,1-2,4H3/b35-34-. The van der Waals surface area contributed by atoms with Crippen molar-refractivity contribution in [1.29, 1.82) is 0 Å². The lowest BCUT2D eigenvalue weighted by Gasteiger charge is -2.09. The van der Waals surface area contributed by atoms with Gasteiger partial charge in [0.15, 0.2) is 0 Å². The average Bonchev–Trinajstić information content (AvgIpc) is 2.93. The molecule has 0 heterocycles. The first-order valence-corrected chi connectivity index (χ1v) is 17.2. The van der Waals surface area contributed by atoms with Crippen molar-refractivity contribution in [3.8, 4) is 0 Å². The molecule has 0 saturated carbocycles. The van der Waals surface area contributed by atoms with Crippen molar-refractivity contribution in [2.75, 3.05) is 6.61 Å². The second-order valence-corrected chi connectivity index (χ2v) is 11.7. The van der Waals surface area contributed by atoms with Crippen LogP contribution in [0.3, 0.4) is 0 Å². The fourth-order valence-corrected chi connectivity index (χ4v) is 5.30. The minimum absolute atomic E-state index is 0.145. The van der Waals surface area contributed by atoms with E-state index in [9.17, 15) is 4.79 Å². The molecular weight excluding hydrogens is 464 g/mol. The van der Waals surface area contributed by atoms with Crippen molar-refractivity contribution in [2.45, 2.75) is 194 Å². The maximum Gasteiger partial charge on any atom is 0.333 e. The highest BCUT2D eigenvalue weighted by Crippen LogP contribution is 2.18. The van der Waals surface area contributed by atoms with Gasteiger partial charge in [-0.3, -0.25) is 0 Å². The van der Waals surface area contributed by atoms with Gasteiger partial charge in [0.25, 0.3) is 0 Å². The lowest BCUT2D eigenvalue weighted by atomic mass is 10.0. The van der Waals surface area contributed by atoms with Crippen LogP contribution in [0.1, 0.15) is 194 Å². The van der Waals surface area contributed by atoms with Gasteiger partial charge in [0.1, 0.15) is 0 Å². The highest BCUT2D eigenvalue weighted by atomic mass is 16.5. The number of carbonyl (C=O) groups is 1. The quantitative estimate of drug-likeness (QED) is 0.0398. The Hall–Kier alpha value is -1.05. The van der Waals surface area contributed by atoms with Crippen molar-refractivity contribution >= 4 is 5.97 Å². The summed E-state index contributed by atoms with van der Waals surface area (Å²) in [5, 5.41) is 0. The van der Waals surface area contributed by atoms with Crippen LogP contribution in [0.25, 0.3) is 0 Å². The van der Waals surface area contributed by atoms with Crippen molar-refractivity contribution in [1.82, 2.24) is 0 Å². The topological polar surface area (TPSA) is 26.3 Å². The minimum atomic E-state index is -0.145. The predicted molar refractivity (Wildman–Crippen MR) is 170 cm³/mol. The van der Waals surface area contributed by atoms with Gasteiger partial charge < -0.3 is 4.74 Å². The number of ether oxygens (including phenoxy) is 1. The largest absolute Gasteiger partial charge is 0.462 e. The molecule has 0 bridgehead atoms. The Labute approximate surface area is 239 Å². The van der Waals surface area contributed by atoms with Gasteiger partial charge in [0.05, 0.1) is 6.61 Å². The van der Waals surface area contributed by atoms with Crippen molar-refractivity contribution in [3.05, 3.63) is 23.8 Å². The Morgan fingerprint density at radius 1 is 0.526 bits per heavy atom. The van der Waals surface area contributed by atoms with E-state index in [1.807, 2.05) is 13.0 Å². The second-order valence-electron chi connectivity index (χ2n) is 11.7. The normalized spacial score (nSPS) is 12.0. The molecule has 224 valence electrons. The molecule has 0 aliphatic carbocycles. The van der Waals surface area contributed by atoms with Crippen LogP contribution in [0.15, 0.2) is 23.8 Å². The third-order valence-electron chi connectivity index (χ3n) is 8.06. The maximum atomic E-state index is 12.5. The van der Waals surface area contributed by atoms with Gasteiger partial charge in [-0.05, 0) is 31.8 Å². The van der Waals surface area contributed by atoms with Crippen LogP contribution >= 0.6 is 0 Å². The maximum absolute atomic E-state index is 12.5. The van der Waals surface area contributed by atoms with Gasteiger partial charge in [-0.2, -0.15) is 0 Å². The fourth-order valence-electron chi connectivity index (χ4n) is 5.30. The lowest BCUT2D eigenvalue weighted by molar-refractivity contribution is -0.139. The highest BCUT2D eigenvalue weighted by Gasteiger charge is 2.10. The number of allylic oxidation sites excluding steroid dienone is 2. The molecule has 38 heavy (non-hydrogen) atoms. The molecule has 2 heteroatoms.